The number of anilines is 1. The van der Waals surface area contributed by atoms with E-state index in [1.807, 2.05) is 18.4 Å². The van der Waals surface area contributed by atoms with Gasteiger partial charge in [-0.3, -0.25) is 15.0 Å². The summed E-state index contributed by atoms with van der Waals surface area (Å²) >= 11 is 7.37. The molecule has 1 amide bonds. The number of benzene rings is 1. The maximum absolute atomic E-state index is 12.1. The number of rotatable bonds is 6. The summed E-state index contributed by atoms with van der Waals surface area (Å²) in [5.41, 5.74) is 1.91. The number of carbonyl (C=O) groups excluding carboxylic acids is 1. The molecule has 2 heterocycles. The van der Waals surface area contributed by atoms with E-state index in [0.717, 1.165) is 36.8 Å². The summed E-state index contributed by atoms with van der Waals surface area (Å²) in [4.78, 5) is 19.1. The van der Waals surface area contributed by atoms with E-state index >= 15 is 0 Å². The lowest BCUT2D eigenvalue weighted by Crippen LogP contribution is -2.33. The normalized spacial score (nSPS) is 17.9. The van der Waals surface area contributed by atoms with E-state index in [1.165, 1.54) is 24.2 Å². The Hall–Kier alpha value is -1.63. The van der Waals surface area contributed by atoms with Gasteiger partial charge in [0.25, 0.3) is 5.91 Å². The Labute approximate surface area is 163 Å². The number of ether oxygens (including phenoxy) is 1. The lowest BCUT2D eigenvalue weighted by Gasteiger charge is -2.30. The largest absolute Gasteiger partial charge is 0.483 e. The third-order valence-electron chi connectivity index (χ3n) is 4.42. The van der Waals surface area contributed by atoms with Crippen LogP contribution >= 0.6 is 22.9 Å². The number of nitrogens with zero attached hydrogens (tertiary/aromatic N) is 2. The molecule has 7 heteroatoms. The molecule has 1 aliphatic heterocycles. The van der Waals surface area contributed by atoms with Gasteiger partial charge < -0.3 is 4.74 Å². The van der Waals surface area contributed by atoms with Crippen molar-refractivity contribution in [1.82, 2.24) is 9.88 Å². The Bertz CT molecular complexity index is 765. The van der Waals surface area contributed by atoms with Crippen LogP contribution in [0.25, 0.3) is 0 Å². The maximum Gasteiger partial charge on any atom is 0.264 e. The number of hydrogen-bond donors (Lipinski definition) is 1. The number of hydrogen-bond acceptors (Lipinski definition) is 5. The van der Waals surface area contributed by atoms with Crippen LogP contribution in [-0.2, 0) is 11.3 Å². The van der Waals surface area contributed by atoms with Crippen LogP contribution in [0.15, 0.2) is 23.6 Å². The highest BCUT2D eigenvalue weighted by molar-refractivity contribution is 7.13. The van der Waals surface area contributed by atoms with Crippen LogP contribution in [0.4, 0.5) is 5.13 Å². The number of carbonyl (C=O) groups is 1. The van der Waals surface area contributed by atoms with Crippen molar-refractivity contribution in [2.45, 2.75) is 33.2 Å². The first-order chi connectivity index (χ1) is 12.5. The number of aromatic nitrogens is 1. The number of amides is 1. The topological polar surface area (TPSA) is 54.5 Å². The number of piperidine rings is 1. The standard InChI is InChI=1S/C19H24ClN3O2S/c1-13-4-3-7-23(9-13)10-16-12-26-19(21-16)22-18(24)11-25-17-6-5-15(20)8-14(17)2/h5-6,8,12-13H,3-4,7,9-11H2,1-2H3,(H,21,22,24). The molecule has 1 aliphatic rings. The minimum atomic E-state index is -0.216. The molecular formula is C19H24ClN3O2S. The summed E-state index contributed by atoms with van der Waals surface area (Å²) in [6.45, 7) is 7.22. The van der Waals surface area contributed by atoms with Crippen LogP contribution < -0.4 is 10.1 Å². The molecule has 0 spiro atoms. The smallest absolute Gasteiger partial charge is 0.264 e. The van der Waals surface area contributed by atoms with Crippen LogP contribution in [0.5, 0.6) is 5.75 Å². The van der Waals surface area contributed by atoms with E-state index in [9.17, 15) is 4.79 Å². The Morgan fingerprint density at radius 3 is 3.12 bits per heavy atom. The van der Waals surface area contributed by atoms with E-state index in [2.05, 4.69) is 22.1 Å². The molecule has 2 aromatic rings. The van der Waals surface area contributed by atoms with Gasteiger partial charge in [0.1, 0.15) is 5.75 Å². The van der Waals surface area contributed by atoms with E-state index in [-0.39, 0.29) is 12.5 Å². The lowest BCUT2D eigenvalue weighted by molar-refractivity contribution is -0.118. The van der Waals surface area contributed by atoms with Gasteiger partial charge in [-0.2, -0.15) is 0 Å². The molecule has 3 rings (SSSR count). The second kappa shape index (κ2) is 8.84. The second-order valence-corrected chi connectivity index (χ2v) is 8.17. The highest BCUT2D eigenvalue weighted by Crippen LogP contribution is 2.23. The van der Waals surface area contributed by atoms with Gasteiger partial charge >= 0.3 is 0 Å². The fourth-order valence-corrected chi connectivity index (χ4v) is 4.11. The second-order valence-electron chi connectivity index (χ2n) is 6.87. The van der Waals surface area contributed by atoms with Crippen LogP contribution in [0.3, 0.4) is 0 Å². The van der Waals surface area contributed by atoms with Gasteiger partial charge in [-0.15, -0.1) is 11.3 Å². The van der Waals surface area contributed by atoms with Crippen molar-refractivity contribution < 1.29 is 9.53 Å². The number of nitrogens with one attached hydrogen (secondary N) is 1. The molecule has 1 saturated heterocycles. The molecule has 1 N–H and O–H groups in total. The monoisotopic (exact) mass is 393 g/mol. The van der Waals surface area contributed by atoms with Crippen molar-refractivity contribution in [1.29, 1.82) is 0 Å². The average molecular weight is 394 g/mol. The van der Waals surface area contributed by atoms with Crippen LogP contribution in [0.2, 0.25) is 5.02 Å². The van der Waals surface area contributed by atoms with E-state index < -0.39 is 0 Å². The Balaban J connectivity index is 1.48. The zero-order valence-electron chi connectivity index (χ0n) is 15.1. The molecule has 1 fully saturated rings. The van der Waals surface area contributed by atoms with E-state index in [0.29, 0.717) is 15.9 Å². The molecule has 5 nitrogen and oxygen atoms in total. The summed E-state index contributed by atoms with van der Waals surface area (Å²) in [5.74, 6) is 1.19. The zero-order valence-corrected chi connectivity index (χ0v) is 16.7. The van der Waals surface area contributed by atoms with Crippen LogP contribution in [0, 0.1) is 12.8 Å². The summed E-state index contributed by atoms with van der Waals surface area (Å²) < 4.78 is 5.56. The molecule has 0 saturated carbocycles. The van der Waals surface area contributed by atoms with Crippen molar-refractivity contribution in [3.63, 3.8) is 0 Å². The highest BCUT2D eigenvalue weighted by Gasteiger charge is 2.17. The molecule has 0 aliphatic carbocycles. The first-order valence-electron chi connectivity index (χ1n) is 8.85. The third kappa shape index (κ3) is 5.43. The quantitative estimate of drug-likeness (QED) is 0.792. The fraction of sp³-hybridized carbons (Fsp3) is 0.474. The summed E-state index contributed by atoms with van der Waals surface area (Å²) in [5, 5.41) is 6.09. The van der Waals surface area contributed by atoms with Crippen molar-refractivity contribution in [3.8, 4) is 5.75 Å². The van der Waals surface area contributed by atoms with E-state index in [1.54, 1.807) is 12.1 Å². The predicted octanol–water partition coefficient (Wildman–Crippen LogP) is 4.35. The van der Waals surface area contributed by atoms with Crippen molar-refractivity contribution >= 4 is 34.0 Å². The van der Waals surface area contributed by atoms with Crippen LogP contribution in [0.1, 0.15) is 31.0 Å². The first-order valence-corrected chi connectivity index (χ1v) is 10.1. The number of halogens is 1. The minimum Gasteiger partial charge on any atom is -0.483 e. The third-order valence-corrected chi connectivity index (χ3v) is 5.46. The molecule has 1 aromatic heterocycles. The zero-order chi connectivity index (χ0) is 18.5. The van der Waals surface area contributed by atoms with Gasteiger partial charge in [0.05, 0.1) is 5.69 Å². The van der Waals surface area contributed by atoms with Crippen molar-refractivity contribution in [3.05, 3.63) is 39.9 Å². The Kier molecular flexibility index (Phi) is 6.51. The summed E-state index contributed by atoms with van der Waals surface area (Å²) in [6.07, 6.45) is 2.55. The van der Waals surface area contributed by atoms with Gasteiger partial charge in [-0.05, 0) is 56.0 Å². The molecule has 1 unspecified atom stereocenters. The SMILES string of the molecule is Cc1cc(Cl)ccc1OCC(=O)Nc1nc(CN2CCCC(C)C2)cs1. The Morgan fingerprint density at radius 2 is 2.35 bits per heavy atom. The van der Waals surface area contributed by atoms with E-state index in [4.69, 9.17) is 16.3 Å². The van der Waals surface area contributed by atoms with Gasteiger partial charge in [0, 0.05) is 23.5 Å². The molecule has 0 radical (unpaired) electrons. The highest BCUT2D eigenvalue weighted by atomic mass is 35.5. The van der Waals surface area contributed by atoms with Gasteiger partial charge in [-0.1, -0.05) is 18.5 Å². The molecular weight excluding hydrogens is 370 g/mol. The van der Waals surface area contributed by atoms with Crippen molar-refractivity contribution in [2.24, 2.45) is 5.92 Å². The molecule has 0 bridgehead atoms. The molecule has 1 atom stereocenters. The molecule has 26 heavy (non-hydrogen) atoms. The number of aryl methyl sites for hydroxylation is 1. The predicted molar refractivity (Wildman–Crippen MR) is 106 cm³/mol. The van der Waals surface area contributed by atoms with Crippen LogP contribution in [-0.4, -0.2) is 35.5 Å². The fourth-order valence-electron chi connectivity index (χ4n) is 3.17. The number of likely N-dealkylation sites (tertiary alicyclic amines) is 1. The summed E-state index contributed by atoms with van der Waals surface area (Å²) in [7, 11) is 0. The summed E-state index contributed by atoms with van der Waals surface area (Å²) in [6, 6.07) is 5.33. The lowest BCUT2D eigenvalue weighted by atomic mass is 10.0. The van der Waals surface area contributed by atoms with Gasteiger partial charge in [0.2, 0.25) is 0 Å². The maximum atomic E-state index is 12.1. The minimum absolute atomic E-state index is 0.0545. The first kappa shape index (κ1) is 19.1. The average Bonchev–Trinajstić information content (AvgIpc) is 3.01. The Morgan fingerprint density at radius 1 is 1.50 bits per heavy atom. The van der Waals surface area contributed by atoms with Gasteiger partial charge in [-0.25, -0.2) is 4.98 Å². The molecule has 1 aromatic carbocycles. The van der Waals surface area contributed by atoms with Crippen molar-refractivity contribution in [2.75, 3.05) is 25.0 Å². The number of thiazole rings is 1. The molecule has 140 valence electrons. The van der Waals surface area contributed by atoms with Gasteiger partial charge in [0.15, 0.2) is 11.7 Å².